The van der Waals surface area contributed by atoms with E-state index in [2.05, 4.69) is 5.32 Å². The Morgan fingerprint density at radius 2 is 1.91 bits per heavy atom. The van der Waals surface area contributed by atoms with Crippen molar-refractivity contribution in [3.8, 4) is 0 Å². The van der Waals surface area contributed by atoms with E-state index in [4.69, 9.17) is 4.74 Å². The van der Waals surface area contributed by atoms with Crippen LogP contribution in [0.2, 0.25) is 0 Å². The Labute approximate surface area is 141 Å². The van der Waals surface area contributed by atoms with Crippen molar-refractivity contribution in [3.05, 3.63) is 35.6 Å². The molecule has 0 aliphatic rings. The highest BCUT2D eigenvalue weighted by Gasteiger charge is 2.32. The highest BCUT2D eigenvalue weighted by Crippen LogP contribution is 2.29. The largest absolute Gasteiger partial charge is 0.444 e. The summed E-state index contributed by atoms with van der Waals surface area (Å²) in [5.41, 5.74) is -0.444. The molecule has 23 heavy (non-hydrogen) atoms. The maximum absolute atomic E-state index is 13.2. The van der Waals surface area contributed by atoms with E-state index in [1.807, 2.05) is 6.26 Å². The van der Waals surface area contributed by atoms with Gasteiger partial charge in [0, 0.05) is 12.0 Å². The van der Waals surface area contributed by atoms with E-state index in [0.717, 1.165) is 11.3 Å². The third-order valence-electron chi connectivity index (χ3n) is 3.51. The molecule has 1 unspecified atom stereocenters. The summed E-state index contributed by atoms with van der Waals surface area (Å²) >= 11 is 1.66. The van der Waals surface area contributed by atoms with E-state index in [0.29, 0.717) is 6.42 Å². The Morgan fingerprint density at radius 1 is 1.30 bits per heavy atom. The molecule has 1 aromatic carbocycles. The van der Waals surface area contributed by atoms with Gasteiger partial charge in [-0.15, -0.1) is 0 Å². The summed E-state index contributed by atoms with van der Waals surface area (Å²) in [5.74, 6) is 0.485. The molecule has 0 spiro atoms. The number of rotatable bonds is 7. The van der Waals surface area contributed by atoms with Crippen LogP contribution in [0.25, 0.3) is 0 Å². The molecule has 0 radical (unpaired) electrons. The first kappa shape index (κ1) is 19.8. The van der Waals surface area contributed by atoms with Gasteiger partial charge in [0.05, 0.1) is 6.61 Å². The Bertz CT molecular complexity index is 502. The van der Waals surface area contributed by atoms with Gasteiger partial charge in [-0.1, -0.05) is 12.1 Å². The van der Waals surface area contributed by atoms with Gasteiger partial charge in [-0.2, -0.15) is 11.8 Å². The summed E-state index contributed by atoms with van der Waals surface area (Å²) in [6, 6.07) is 6.05. The third-order valence-corrected chi connectivity index (χ3v) is 4.13. The van der Waals surface area contributed by atoms with Crippen molar-refractivity contribution in [2.45, 2.75) is 38.2 Å². The lowest BCUT2D eigenvalue weighted by molar-refractivity contribution is 0.0502. The van der Waals surface area contributed by atoms with Crippen LogP contribution < -0.4 is 5.32 Å². The number of carbonyl (C=O) groups is 1. The number of hydrogen-bond acceptors (Lipinski definition) is 4. The van der Waals surface area contributed by atoms with Crippen molar-refractivity contribution in [1.29, 1.82) is 0 Å². The SMILES string of the molecule is CSCCC(CO)(CNC(=O)OC(C)(C)C)c1ccc(F)cc1. The number of halogens is 1. The molecular weight excluding hydrogens is 317 g/mol. The van der Waals surface area contributed by atoms with Gasteiger partial charge in [0.2, 0.25) is 0 Å². The number of alkyl carbamates (subject to hydrolysis) is 1. The van der Waals surface area contributed by atoms with Crippen LogP contribution in [0.5, 0.6) is 0 Å². The Balaban J connectivity index is 2.91. The van der Waals surface area contributed by atoms with Gasteiger partial charge in [0.15, 0.2) is 0 Å². The maximum atomic E-state index is 13.2. The lowest BCUT2D eigenvalue weighted by Gasteiger charge is -2.33. The fraction of sp³-hybridized carbons (Fsp3) is 0.588. The molecule has 0 heterocycles. The third kappa shape index (κ3) is 6.39. The average Bonchev–Trinajstić information content (AvgIpc) is 2.47. The van der Waals surface area contributed by atoms with E-state index in [1.54, 1.807) is 44.7 Å². The monoisotopic (exact) mass is 343 g/mol. The summed E-state index contributed by atoms with van der Waals surface area (Å²) < 4.78 is 18.4. The first-order valence-corrected chi connectivity index (χ1v) is 8.94. The summed E-state index contributed by atoms with van der Waals surface area (Å²) in [6.07, 6.45) is 2.11. The molecule has 4 nitrogen and oxygen atoms in total. The number of ether oxygens (including phenoxy) is 1. The number of amides is 1. The molecule has 0 fully saturated rings. The number of nitrogens with one attached hydrogen (secondary N) is 1. The van der Waals surface area contributed by atoms with Gasteiger partial charge >= 0.3 is 6.09 Å². The Morgan fingerprint density at radius 3 is 2.39 bits per heavy atom. The summed E-state index contributed by atoms with van der Waals surface area (Å²) in [6.45, 7) is 5.46. The highest BCUT2D eigenvalue weighted by atomic mass is 32.2. The molecule has 0 aliphatic carbocycles. The molecular formula is C17H26FNO3S. The predicted octanol–water partition coefficient (Wildman–Crippen LogP) is 3.33. The van der Waals surface area contributed by atoms with Crippen molar-refractivity contribution in [2.75, 3.05) is 25.2 Å². The summed E-state index contributed by atoms with van der Waals surface area (Å²) in [7, 11) is 0. The van der Waals surface area contributed by atoms with Crippen molar-refractivity contribution in [3.63, 3.8) is 0 Å². The smallest absolute Gasteiger partial charge is 0.407 e. The van der Waals surface area contributed by atoms with Crippen LogP contribution in [0.1, 0.15) is 32.8 Å². The fourth-order valence-electron chi connectivity index (χ4n) is 2.22. The molecule has 1 amide bonds. The second-order valence-corrected chi connectivity index (χ2v) is 7.53. The maximum Gasteiger partial charge on any atom is 0.407 e. The molecule has 0 saturated heterocycles. The fourth-order valence-corrected chi connectivity index (χ4v) is 2.81. The minimum Gasteiger partial charge on any atom is -0.444 e. The summed E-state index contributed by atoms with van der Waals surface area (Å²) in [5, 5.41) is 12.7. The lowest BCUT2D eigenvalue weighted by atomic mass is 9.78. The Kier molecular flexibility index (Phi) is 7.35. The van der Waals surface area contributed by atoms with Crippen molar-refractivity contribution >= 4 is 17.9 Å². The average molecular weight is 343 g/mol. The lowest BCUT2D eigenvalue weighted by Crippen LogP contribution is -2.45. The second kappa shape index (κ2) is 8.55. The van der Waals surface area contributed by atoms with Gasteiger partial charge < -0.3 is 15.2 Å². The van der Waals surface area contributed by atoms with Crippen LogP contribution >= 0.6 is 11.8 Å². The van der Waals surface area contributed by atoms with Crippen LogP contribution in [0.4, 0.5) is 9.18 Å². The van der Waals surface area contributed by atoms with E-state index in [9.17, 15) is 14.3 Å². The number of aliphatic hydroxyl groups is 1. The molecule has 0 saturated carbocycles. The standard InChI is InChI=1S/C17H26FNO3S/c1-16(2,3)22-15(21)19-11-17(12-20,9-10-23-4)13-5-7-14(18)8-6-13/h5-8,20H,9-12H2,1-4H3,(H,19,21). The molecule has 1 rings (SSSR count). The van der Waals surface area contributed by atoms with Crippen LogP contribution in [0.3, 0.4) is 0 Å². The van der Waals surface area contributed by atoms with E-state index >= 15 is 0 Å². The first-order chi connectivity index (χ1) is 10.7. The van der Waals surface area contributed by atoms with Crippen LogP contribution in [0, 0.1) is 5.82 Å². The predicted molar refractivity (Wildman–Crippen MR) is 92.4 cm³/mol. The van der Waals surface area contributed by atoms with E-state index in [-0.39, 0.29) is 19.0 Å². The van der Waals surface area contributed by atoms with Crippen LogP contribution in [-0.4, -0.2) is 42.0 Å². The van der Waals surface area contributed by atoms with Crippen LogP contribution in [-0.2, 0) is 10.2 Å². The molecule has 1 atom stereocenters. The second-order valence-electron chi connectivity index (χ2n) is 6.54. The molecule has 2 N–H and O–H groups in total. The van der Waals surface area contributed by atoms with Gasteiger partial charge in [-0.05, 0) is 56.9 Å². The number of aliphatic hydroxyl groups excluding tert-OH is 1. The van der Waals surface area contributed by atoms with Crippen molar-refractivity contribution in [2.24, 2.45) is 0 Å². The van der Waals surface area contributed by atoms with Crippen molar-refractivity contribution in [1.82, 2.24) is 5.32 Å². The molecule has 0 aliphatic heterocycles. The normalized spacial score (nSPS) is 14.2. The number of benzene rings is 1. The number of carbonyl (C=O) groups excluding carboxylic acids is 1. The zero-order valence-corrected chi connectivity index (χ0v) is 15.0. The van der Waals surface area contributed by atoms with Gasteiger partial charge in [-0.25, -0.2) is 9.18 Å². The quantitative estimate of drug-likeness (QED) is 0.797. The first-order valence-electron chi connectivity index (χ1n) is 7.55. The van der Waals surface area contributed by atoms with Crippen molar-refractivity contribution < 1.29 is 19.0 Å². The number of hydrogen-bond donors (Lipinski definition) is 2. The molecule has 130 valence electrons. The molecule has 0 bridgehead atoms. The van der Waals surface area contributed by atoms with Gasteiger partial charge in [-0.3, -0.25) is 0 Å². The molecule has 0 aromatic heterocycles. The zero-order chi connectivity index (χ0) is 17.5. The Hall–Kier alpha value is -1.27. The topological polar surface area (TPSA) is 58.6 Å². The van der Waals surface area contributed by atoms with E-state index in [1.165, 1.54) is 12.1 Å². The minimum absolute atomic E-state index is 0.144. The summed E-state index contributed by atoms with van der Waals surface area (Å²) in [4.78, 5) is 11.9. The van der Waals surface area contributed by atoms with Gasteiger partial charge in [0.25, 0.3) is 0 Å². The highest BCUT2D eigenvalue weighted by molar-refractivity contribution is 7.98. The van der Waals surface area contributed by atoms with E-state index < -0.39 is 17.1 Å². The van der Waals surface area contributed by atoms with Gasteiger partial charge in [0.1, 0.15) is 11.4 Å². The van der Waals surface area contributed by atoms with Crippen LogP contribution in [0.15, 0.2) is 24.3 Å². The number of thioether (sulfide) groups is 1. The molecule has 6 heteroatoms. The zero-order valence-electron chi connectivity index (χ0n) is 14.2. The minimum atomic E-state index is -0.659. The molecule has 1 aromatic rings.